The van der Waals surface area contributed by atoms with Crippen LogP contribution in [0.25, 0.3) is 0 Å². The van der Waals surface area contributed by atoms with E-state index in [1.807, 2.05) is 13.8 Å². The van der Waals surface area contributed by atoms with E-state index in [0.717, 1.165) is 6.42 Å². The largest absolute Gasteiger partial charge is 0.354 e. The number of halogens is 1. The quantitative estimate of drug-likeness (QED) is 0.735. The van der Waals surface area contributed by atoms with Crippen molar-refractivity contribution in [3.8, 4) is 0 Å². The normalized spacial score (nSPS) is 13.1. The first-order valence-electron chi connectivity index (χ1n) is 8.54. The van der Waals surface area contributed by atoms with Crippen LogP contribution in [0.3, 0.4) is 0 Å². The summed E-state index contributed by atoms with van der Waals surface area (Å²) in [7, 11) is 0. The third-order valence-electron chi connectivity index (χ3n) is 4.10. The Morgan fingerprint density at radius 3 is 2.54 bits per heavy atom. The van der Waals surface area contributed by atoms with Crippen LogP contribution in [0.15, 0.2) is 28.8 Å². The molecule has 2 rings (SSSR count). The molecule has 2 amide bonds. The maximum Gasteiger partial charge on any atom is 0.251 e. The molecule has 2 aromatic rings. The van der Waals surface area contributed by atoms with E-state index >= 15 is 0 Å². The Bertz CT molecular complexity index is 745. The average Bonchev–Trinajstić information content (AvgIpc) is 3.04. The molecule has 0 aliphatic carbocycles. The van der Waals surface area contributed by atoms with Gasteiger partial charge in [0.1, 0.15) is 6.04 Å². The summed E-state index contributed by atoms with van der Waals surface area (Å²) >= 11 is 5.84. The van der Waals surface area contributed by atoms with Gasteiger partial charge in [-0.25, -0.2) is 0 Å². The zero-order valence-corrected chi connectivity index (χ0v) is 15.8. The third-order valence-corrected chi connectivity index (χ3v) is 4.35. The molecule has 0 saturated heterocycles. The summed E-state index contributed by atoms with van der Waals surface area (Å²) in [4.78, 5) is 29.1. The lowest BCUT2D eigenvalue weighted by Crippen LogP contribution is -2.50. The zero-order valence-electron chi connectivity index (χ0n) is 15.1. The molecule has 2 N–H and O–H groups in total. The lowest BCUT2D eigenvalue weighted by molar-refractivity contribution is -0.124. The van der Waals surface area contributed by atoms with Gasteiger partial charge in [0.25, 0.3) is 5.91 Å². The molecule has 0 aliphatic rings. The minimum Gasteiger partial charge on any atom is -0.354 e. The Kier molecular flexibility index (Phi) is 7.15. The van der Waals surface area contributed by atoms with Gasteiger partial charge in [0.05, 0.1) is 0 Å². The fraction of sp³-hybridized carbons (Fsp3) is 0.444. The zero-order chi connectivity index (χ0) is 19.1. The predicted octanol–water partition coefficient (Wildman–Crippen LogP) is 2.53. The van der Waals surface area contributed by atoms with Crippen LogP contribution in [0.5, 0.6) is 0 Å². The Balaban J connectivity index is 1.95. The van der Waals surface area contributed by atoms with Crippen molar-refractivity contribution in [1.29, 1.82) is 0 Å². The second-order valence-corrected chi connectivity index (χ2v) is 6.56. The van der Waals surface area contributed by atoms with Crippen molar-refractivity contribution in [2.24, 2.45) is 5.92 Å². The molecular formula is C18H23ClN4O3. The molecule has 0 bridgehead atoms. The van der Waals surface area contributed by atoms with Crippen LogP contribution in [0.4, 0.5) is 0 Å². The fourth-order valence-corrected chi connectivity index (χ4v) is 2.50. The van der Waals surface area contributed by atoms with Gasteiger partial charge < -0.3 is 15.2 Å². The van der Waals surface area contributed by atoms with Crippen LogP contribution in [0.2, 0.25) is 5.02 Å². The second-order valence-electron chi connectivity index (χ2n) is 6.12. The molecule has 2 unspecified atom stereocenters. The first-order valence-corrected chi connectivity index (χ1v) is 8.91. The molecule has 140 valence electrons. The summed E-state index contributed by atoms with van der Waals surface area (Å²) < 4.78 is 5.01. The number of hydrogen-bond acceptors (Lipinski definition) is 5. The highest BCUT2D eigenvalue weighted by molar-refractivity contribution is 6.30. The molecule has 0 radical (unpaired) electrons. The number of aromatic nitrogens is 2. The summed E-state index contributed by atoms with van der Waals surface area (Å²) in [6, 6.07) is 5.90. The van der Waals surface area contributed by atoms with Gasteiger partial charge in [-0.2, -0.15) is 4.98 Å². The van der Waals surface area contributed by atoms with Crippen molar-refractivity contribution in [1.82, 2.24) is 20.8 Å². The lowest BCUT2D eigenvalue weighted by Gasteiger charge is -2.23. The highest BCUT2D eigenvalue weighted by Gasteiger charge is 2.26. The van der Waals surface area contributed by atoms with Gasteiger partial charge in [0, 0.05) is 23.6 Å². The van der Waals surface area contributed by atoms with Gasteiger partial charge in [0.2, 0.25) is 11.8 Å². The van der Waals surface area contributed by atoms with Crippen molar-refractivity contribution in [3.05, 3.63) is 46.6 Å². The van der Waals surface area contributed by atoms with Crippen molar-refractivity contribution in [2.75, 3.05) is 6.54 Å². The Morgan fingerprint density at radius 1 is 1.27 bits per heavy atom. The van der Waals surface area contributed by atoms with Crippen LogP contribution >= 0.6 is 11.6 Å². The molecule has 1 aromatic carbocycles. The number of amides is 2. The highest BCUT2D eigenvalue weighted by atomic mass is 35.5. The number of carbonyl (C=O) groups is 2. The van der Waals surface area contributed by atoms with E-state index in [1.54, 1.807) is 31.2 Å². The van der Waals surface area contributed by atoms with E-state index in [2.05, 4.69) is 20.8 Å². The van der Waals surface area contributed by atoms with Crippen LogP contribution in [0.1, 0.15) is 42.3 Å². The summed E-state index contributed by atoms with van der Waals surface area (Å²) in [6.07, 6.45) is 1.19. The standard InChI is InChI=1S/C18H23ClN4O3/c1-4-11(2)16(22-17(24)13-5-7-14(19)8-6-13)18(25)20-10-9-15-21-12(3)23-26-15/h5-8,11,16H,4,9-10H2,1-3H3,(H,20,25)(H,22,24). The van der Waals surface area contributed by atoms with Gasteiger partial charge in [-0.1, -0.05) is 37.0 Å². The Labute approximate surface area is 157 Å². The van der Waals surface area contributed by atoms with Gasteiger partial charge in [-0.3, -0.25) is 9.59 Å². The van der Waals surface area contributed by atoms with Crippen molar-refractivity contribution < 1.29 is 14.1 Å². The number of rotatable bonds is 8. The molecule has 0 fully saturated rings. The molecule has 0 saturated carbocycles. The molecule has 1 heterocycles. The molecule has 0 spiro atoms. The summed E-state index contributed by atoms with van der Waals surface area (Å²) in [5.74, 6) is 0.455. The maximum absolute atomic E-state index is 12.5. The molecular weight excluding hydrogens is 356 g/mol. The summed E-state index contributed by atoms with van der Waals surface area (Å²) in [5.41, 5.74) is 0.455. The number of aryl methyl sites for hydroxylation is 1. The molecule has 1 aromatic heterocycles. The maximum atomic E-state index is 12.5. The average molecular weight is 379 g/mol. The van der Waals surface area contributed by atoms with Crippen LogP contribution in [-0.4, -0.2) is 34.5 Å². The molecule has 0 aliphatic heterocycles. The topological polar surface area (TPSA) is 97.1 Å². The molecule has 8 heteroatoms. The SMILES string of the molecule is CCC(C)C(NC(=O)c1ccc(Cl)cc1)C(=O)NCCc1nc(C)no1. The monoisotopic (exact) mass is 378 g/mol. The van der Waals surface area contributed by atoms with Gasteiger partial charge >= 0.3 is 0 Å². The summed E-state index contributed by atoms with van der Waals surface area (Å²) in [5, 5.41) is 9.88. The molecule has 2 atom stereocenters. The number of nitrogens with zero attached hydrogens (tertiary/aromatic N) is 2. The van der Waals surface area contributed by atoms with Crippen molar-refractivity contribution in [3.63, 3.8) is 0 Å². The molecule has 7 nitrogen and oxygen atoms in total. The van der Waals surface area contributed by atoms with E-state index in [0.29, 0.717) is 35.3 Å². The smallest absolute Gasteiger partial charge is 0.251 e. The van der Waals surface area contributed by atoms with Crippen LogP contribution < -0.4 is 10.6 Å². The van der Waals surface area contributed by atoms with E-state index in [-0.39, 0.29) is 17.7 Å². The minimum absolute atomic E-state index is 0.0168. The third kappa shape index (κ3) is 5.56. The van der Waals surface area contributed by atoms with Gasteiger partial charge in [-0.05, 0) is 37.1 Å². The Hall–Kier alpha value is -2.41. The lowest BCUT2D eigenvalue weighted by atomic mass is 9.97. The molecule has 26 heavy (non-hydrogen) atoms. The van der Waals surface area contributed by atoms with E-state index < -0.39 is 6.04 Å². The van der Waals surface area contributed by atoms with Crippen LogP contribution in [-0.2, 0) is 11.2 Å². The minimum atomic E-state index is -0.632. The number of benzene rings is 1. The first-order chi connectivity index (χ1) is 12.4. The number of hydrogen-bond donors (Lipinski definition) is 2. The fourth-order valence-electron chi connectivity index (χ4n) is 2.37. The Morgan fingerprint density at radius 2 is 1.96 bits per heavy atom. The predicted molar refractivity (Wildman–Crippen MR) is 97.9 cm³/mol. The van der Waals surface area contributed by atoms with Gasteiger partial charge in [-0.15, -0.1) is 0 Å². The second kappa shape index (κ2) is 9.33. The van der Waals surface area contributed by atoms with E-state index in [9.17, 15) is 9.59 Å². The summed E-state index contributed by atoms with van der Waals surface area (Å²) in [6.45, 7) is 5.98. The van der Waals surface area contributed by atoms with Gasteiger partial charge in [0.15, 0.2) is 5.82 Å². The number of nitrogens with one attached hydrogen (secondary N) is 2. The van der Waals surface area contributed by atoms with E-state index in [1.165, 1.54) is 0 Å². The van der Waals surface area contributed by atoms with Crippen molar-refractivity contribution in [2.45, 2.75) is 39.7 Å². The first kappa shape index (κ1) is 19.9. The van der Waals surface area contributed by atoms with Crippen molar-refractivity contribution >= 4 is 23.4 Å². The number of carbonyl (C=O) groups excluding carboxylic acids is 2. The highest BCUT2D eigenvalue weighted by Crippen LogP contribution is 2.12. The van der Waals surface area contributed by atoms with Crippen LogP contribution in [0, 0.1) is 12.8 Å². The van der Waals surface area contributed by atoms with E-state index in [4.69, 9.17) is 16.1 Å².